The summed E-state index contributed by atoms with van der Waals surface area (Å²) in [7, 11) is 0. The number of carboxylic acids is 1. The van der Waals surface area contributed by atoms with Gasteiger partial charge in [0.15, 0.2) is 0 Å². The third kappa shape index (κ3) is 3.18. The number of rotatable bonds is 5. The molecule has 1 fully saturated rings. The fraction of sp³-hybridized carbons (Fsp3) is 0.643. The molecule has 1 aliphatic carbocycles. The number of carbonyl (C=O) groups excluding carboxylic acids is 1. The Kier molecular flexibility index (Phi) is 4.42. The van der Waals surface area contributed by atoms with E-state index in [1.165, 1.54) is 0 Å². The third-order valence-corrected chi connectivity index (χ3v) is 4.01. The Bertz CT molecular complexity index is 497. The molecule has 1 aromatic rings. The molecule has 0 radical (unpaired) electrons. The molecule has 20 heavy (non-hydrogen) atoms. The zero-order valence-corrected chi connectivity index (χ0v) is 11.8. The van der Waals surface area contributed by atoms with Crippen LogP contribution in [0.3, 0.4) is 0 Å². The molecule has 1 aromatic heterocycles. The van der Waals surface area contributed by atoms with Crippen LogP contribution in [0.15, 0.2) is 10.6 Å². The summed E-state index contributed by atoms with van der Waals surface area (Å²) in [4.78, 5) is 23.4. The highest BCUT2D eigenvalue weighted by atomic mass is 16.5. The minimum absolute atomic E-state index is 0.200. The van der Waals surface area contributed by atoms with Crippen molar-refractivity contribution in [3.63, 3.8) is 0 Å². The molecule has 0 aromatic carbocycles. The van der Waals surface area contributed by atoms with E-state index in [9.17, 15) is 14.7 Å². The van der Waals surface area contributed by atoms with Crippen molar-refractivity contribution in [3.8, 4) is 0 Å². The molecule has 1 amide bonds. The summed E-state index contributed by atoms with van der Waals surface area (Å²) >= 11 is 0. The molecule has 1 aliphatic rings. The molecular formula is C14H20N2O4. The maximum absolute atomic E-state index is 12.2. The standard InChI is InChI=1S/C14H20N2O4/c1-3-9-5-11(12(6-9)14(18)19)13(17)15-7-10-4-8(2)20-16-10/h4,9,11-12H,3,5-7H2,1-2H3,(H,15,17)(H,18,19)/t9?,11-,12+/m0/s1. The number of aromatic nitrogens is 1. The molecule has 6 nitrogen and oxygen atoms in total. The molecule has 0 aliphatic heterocycles. The van der Waals surface area contributed by atoms with Gasteiger partial charge in [-0.1, -0.05) is 18.5 Å². The van der Waals surface area contributed by atoms with Crippen molar-refractivity contribution in [2.24, 2.45) is 17.8 Å². The first kappa shape index (κ1) is 14.6. The number of aryl methyl sites for hydroxylation is 1. The van der Waals surface area contributed by atoms with E-state index in [-0.39, 0.29) is 12.5 Å². The average Bonchev–Trinajstić information content (AvgIpc) is 3.02. The fourth-order valence-electron chi connectivity index (χ4n) is 2.85. The predicted molar refractivity (Wildman–Crippen MR) is 70.7 cm³/mol. The maximum atomic E-state index is 12.2. The minimum atomic E-state index is -0.876. The van der Waals surface area contributed by atoms with E-state index in [0.29, 0.717) is 30.2 Å². The lowest BCUT2D eigenvalue weighted by atomic mass is 9.95. The lowest BCUT2D eigenvalue weighted by Crippen LogP contribution is -2.35. The Labute approximate surface area is 117 Å². The van der Waals surface area contributed by atoms with E-state index >= 15 is 0 Å². The number of amides is 1. The highest BCUT2D eigenvalue weighted by molar-refractivity contribution is 5.85. The van der Waals surface area contributed by atoms with Crippen molar-refractivity contribution < 1.29 is 19.2 Å². The van der Waals surface area contributed by atoms with Gasteiger partial charge in [-0.05, 0) is 25.7 Å². The van der Waals surface area contributed by atoms with E-state index in [0.717, 1.165) is 6.42 Å². The van der Waals surface area contributed by atoms with Crippen molar-refractivity contribution in [2.45, 2.75) is 39.7 Å². The number of nitrogens with zero attached hydrogens (tertiary/aromatic N) is 1. The summed E-state index contributed by atoms with van der Waals surface area (Å²) in [6.45, 7) is 4.08. The van der Waals surface area contributed by atoms with Gasteiger partial charge in [0.05, 0.1) is 18.4 Å². The molecular weight excluding hydrogens is 260 g/mol. The van der Waals surface area contributed by atoms with Gasteiger partial charge in [-0.15, -0.1) is 0 Å². The highest BCUT2D eigenvalue weighted by Crippen LogP contribution is 2.38. The summed E-state index contributed by atoms with van der Waals surface area (Å²) in [5, 5.41) is 15.8. The molecule has 0 bridgehead atoms. The SMILES string of the molecule is CCC1C[C@H](C(=O)NCc2cc(C)on2)[C@H](C(=O)O)C1. The van der Waals surface area contributed by atoms with Crippen molar-refractivity contribution in [1.82, 2.24) is 10.5 Å². The van der Waals surface area contributed by atoms with Gasteiger partial charge in [-0.3, -0.25) is 9.59 Å². The maximum Gasteiger partial charge on any atom is 0.307 e. The molecule has 110 valence electrons. The largest absolute Gasteiger partial charge is 0.481 e. The van der Waals surface area contributed by atoms with E-state index in [2.05, 4.69) is 10.5 Å². The van der Waals surface area contributed by atoms with Gasteiger partial charge in [-0.25, -0.2) is 0 Å². The number of hydrogen-bond acceptors (Lipinski definition) is 4. The smallest absolute Gasteiger partial charge is 0.307 e. The molecule has 0 spiro atoms. The van der Waals surface area contributed by atoms with Crippen LogP contribution in [0.1, 0.15) is 37.6 Å². The van der Waals surface area contributed by atoms with Crippen LogP contribution in [0.2, 0.25) is 0 Å². The van der Waals surface area contributed by atoms with Crippen LogP contribution >= 0.6 is 0 Å². The van der Waals surface area contributed by atoms with Gasteiger partial charge in [0.25, 0.3) is 0 Å². The second kappa shape index (κ2) is 6.07. The Morgan fingerprint density at radius 2 is 2.15 bits per heavy atom. The minimum Gasteiger partial charge on any atom is -0.481 e. The topological polar surface area (TPSA) is 92.4 Å². The molecule has 2 rings (SSSR count). The zero-order chi connectivity index (χ0) is 14.7. The molecule has 0 saturated heterocycles. The van der Waals surface area contributed by atoms with Crippen LogP contribution < -0.4 is 5.32 Å². The molecule has 1 saturated carbocycles. The van der Waals surface area contributed by atoms with Gasteiger partial charge in [-0.2, -0.15) is 0 Å². The monoisotopic (exact) mass is 280 g/mol. The van der Waals surface area contributed by atoms with E-state index in [1.54, 1.807) is 13.0 Å². The lowest BCUT2D eigenvalue weighted by molar-refractivity contribution is -0.146. The Balaban J connectivity index is 1.95. The quantitative estimate of drug-likeness (QED) is 0.857. The second-order valence-electron chi connectivity index (χ2n) is 5.44. The normalized spacial score (nSPS) is 25.6. The van der Waals surface area contributed by atoms with Crippen LogP contribution in [0.25, 0.3) is 0 Å². The molecule has 2 N–H and O–H groups in total. The summed E-state index contributed by atoms with van der Waals surface area (Å²) in [6.07, 6.45) is 2.15. The summed E-state index contributed by atoms with van der Waals surface area (Å²) in [6, 6.07) is 1.75. The van der Waals surface area contributed by atoms with Crippen LogP contribution in [-0.4, -0.2) is 22.1 Å². The van der Waals surface area contributed by atoms with Crippen molar-refractivity contribution in [2.75, 3.05) is 0 Å². The van der Waals surface area contributed by atoms with Crippen molar-refractivity contribution >= 4 is 11.9 Å². The molecule has 1 unspecified atom stereocenters. The Morgan fingerprint density at radius 3 is 2.70 bits per heavy atom. The highest BCUT2D eigenvalue weighted by Gasteiger charge is 2.41. The summed E-state index contributed by atoms with van der Waals surface area (Å²) in [5.41, 5.74) is 0.646. The van der Waals surface area contributed by atoms with Crippen LogP contribution in [0.4, 0.5) is 0 Å². The number of hydrogen-bond donors (Lipinski definition) is 2. The number of carboxylic acid groups (broad SMARTS) is 1. The Morgan fingerprint density at radius 1 is 1.45 bits per heavy atom. The predicted octanol–water partition coefficient (Wildman–Crippen LogP) is 1.74. The first-order chi connectivity index (χ1) is 9.51. The summed E-state index contributed by atoms with van der Waals surface area (Å²) in [5.74, 6) is -1.08. The molecule has 6 heteroatoms. The van der Waals surface area contributed by atoms with E-state index in [4.69, 9.17) is 4.52 Å². The third-order valence-electron chi connectivity index (χ3n) is 4.01. The first-order valence-electron chi connectivity index (χ1n) is 6.94. The van der Waals surface area contributed by atoms with E-state index < -0.39 is 17.8 Å². The second-order valence-corrected chi connectivity index (χ2v) is 5.44. The lowest BCUT2D eigenvalue weighted by Gasteiger charge is -2.14. The van der Waals surface area contributed by atoms with Gasteiger partial charge >= 0.3 is 5.97 Å². The summed E-state index contributed by atoms with van der Waals surface area (Å²) < 4.78 is 4.92. The number of carbonyl (C=O) groups is 2. The Hall–Kier alpha value is -1.85. The average molecular weight is 280 g/mol. The van der Waals surface area contributed by atoms with Crippen LogP contribution in [0.5, 0.6) is 0 Å². The van der Waals surface area contributed by atoms with Gasteiger partial charge < -0.3 is 14.9 Å². The van der Waals surface area contributed by atoms with Crippen LogP contribution in [-0.2, 0) is 16.1 Å². The van der Waals surface area contributed by atoms with Gasteiger partial charge in [0.2, 0.25) is 5.91 Å². The van der Waals surface area contributed by atoms with Crippen molar-refractivity contribution in [1.29, 1.82) is 0 Å². The number of nitrogens with one attached hydrogen (secondary N) is 1. The first-order valence-corrected chi connectivity index (χ1v) is 6.94. The van der Waals surface area contributed by atoms with Gasteiger partial charge in [0.1, 0.15) is 11.5 Å². The zero-order valence-electron chi connectivity index (χ0n) is 11.8. The number of aliphatic carboxylic acids is 1. The van der Waals surface area contributed by atoms with Crippen molar-refractivity contribution in [3.05, 3.63) is 17.5 Å². The van der Waals surface area contributed by atoms with Gasteiger partial charge in [0, 0.05) is 6.07 Å². The molecule has 3 atom stereocenters. The fourth-order valence-corrected chi connectivity index (χ4v) is 2.85. The van der Waals surface area contributed by atoms with Crippen LogP contribution in [0, 0.1) is 24.7 Å². The van der Waals surface area contributed by atoms with E-state index in [1.807, 2.05) is 6.92 Å². The molecule has 1 heterocycles.